The largest absolute Gasteiger partial charge is 0.379 e. The molecule has 2 fully saturated rings. The Kier molecular flexibility index (Phi) is 7.77. The Morgan fingerprint density at radius 2 is 2.09 bits per heavy atom. The maximum atomic E-state index is 12.4. The van der Waals surface area contributed by atoms with Crippen molar-refractivity contribution < 1.29 is 9.53 Å². The van der Waals surface area contributed by atoms with E-state index in [9.17, 15) is 4.79 Å². The molecule has 3 rings (SSSR count). The van der Waals surface area contributed by atoms with Gasteiger partial charge in [-0.15, -0.1) is 36.2 Å². The summed E-state index contributed by atoms with van der Waals surface area (Å²) in [7, 11) is 1.87. The number of nitrogens with two attached hydrogens (primary N) is 1. The molecule has 1 aliphatic heterocycles. The van der Waals surface area contributed by atoms with Crippen LogP contribution in [0.15, 0.2) is 17.5 Å². The van der Waals surface area contributed by atoms with E-state index < -0.39 is 5.54 Å². The monoisotopic (exact) mass is 381 g/mol. The maximum Gasteiger partial charge on any atom is 0.242 e. The van der Waals surface area contributed by atoms with E-state index in [1.54, 1.807) is 11.3 Å². The molecular weight excluding hydrogens is 357 g/mol. The highest BCUT2D eigenvalue weighted by atomic mass is 35.5. The van der Waals surface area contributed by atoms with Crippen molar-refractivity contribution in [3.8, 4) is 0 Å². The van der Waals surface area contributed by atoms with Crippen LogP contribution in [0.2, 0.25) is 0 Å². The van der Waals surface area contributed by atoms with Gasteiger partial charge in [0, 0.05) is 31.6 Å². The summed E-state index contributed by atoms with van der Waals surface area (Å²) in [6.07, 6.45) is 1.63. The zero-order chi connectivity index (χ0) is 14.9. The minimum Gasteiger partial charge on any atom is -0.379 e. The van der Waals surface area contributed by atoms with Gasteiger partial charge in [-0.05, 0) is 24.3 Å². The Bertz CT molecular complexity index is 491. The number of carbonyl (C=O) groups is 1. The summed E-state index contributed by atoms with van der Waals surface area (Å²) in [5.74, 6) is 0.0808. The average Bonchev–Trinajstić information content (AvgIpc) is 3.04. The first-order chi connectivity index (χ1) is 10.1. The first kappa shape index (κ1) is 20.7. The molecule has 5 nitrogen and oxygen atoms in total. The lowest BCUT2D eigenvalue weighted by Crippen LogP contribution is -2.48. The number of nitrogens with zero attached hydrogens (tertiary/aromatic N) is 2. The highest BCUT2D eigenvalue weighted by Gasteiger charge is 2.47. The molecular formula is C15H25Cl2N3O2S. The van der Waals surface area contributed by atoms with Gasteiger partial charge in [0.15, 0.2) is 0 Å². The standard InChI is InChI=1S/C15H23N3O2S.2ClH/c1-17(14(19)15(16)4-5-15)11-12(13-3-2-10-21-13)18-6-8-20-9-7-18;;/h2-3,10,12H,4-9,11,16H2,1H3;2*1H. The molecule has 0 bridgehead atoms. The normalized spacial score (nSPS) is 20.8. The van der Waals surface area contributed by atoms with Crippen LogP contribution in [0.1, 0.15) is 23.8 Å². The third-order valence-electron chi connectivity index (χ3n) is 4.37. The van der Waals surface area contributed by atoms with E-state index in [0.29, 0.717) is 6.54 Å². The molecule has 1 amide bonds. The molecule has 2 N–H and O–H groups in total. The lowest BCUT2D eigenvalue weighted by atomic mass is 10.1. The molecule has 23 heavy (non-hydrogen) atoms. The highest BCUT2D eigenvalue weighted by Crippen LogP contribution is 2.35. The van der Waals surface area contributed by atoms with E-state index in [1.807, 2.05) is 11.9 Å². The number of halogens is 2. The summed E-state index contributed by atoms with van der Waals surface area (Å²) in [4.78, 5) is 17.9. The van der Waals surface area contributed by atoms with Gasteiger partial charge in [0.1, 0.15) is 0 Å². The van der Waals surface area contributed by atoms with Crippen molar-refractivity contribution in [2.75, 3.05) is 39.9 Å². The SMILES string of the molecule is CN(CC(c1cccs1)N1CCOCC1)C(=O)C1(N)CC1.Cl.Cl. The molecule has 0 spiro atoms. The number of likely N-dealkylation sites (N-methyl/N-ethyl adjacent to an activating group) is 1. The zero-order valence-corrected chi connectivity index (χ0v) is 15.7. The Labute approximate surface area is 154 Å². The number of hydrogen-bond donors (Lipinski definition) is 1. The number of morpholine rings is 1. The number of carbonyl (C=O) groups excluding carboxylic acids is 1. The Morgan fingerprint density at radius 1 is 1.43 bits per heavy atom. The van der Waals surface area contributed by atoms with Gasteiger partial charge in [-0.2, -0.15) is 0 Å². The number of thiophene rings is 1. The van der Waals surface area contributed by atoms with E-state index in [-0.39, 0.29) is 36.8 Å². The molecule has 8 heteroatoms. The maximum absolute atomic E-state index is 12.4. The van der Waals surface area contributed by atoms with Gasteiger partial charge in [0.25, 0.3) is 0 Å². The van der Waals surface area contributed by atoms with E-state index in [0.717, 1.165) is 39.1 Å². The number of hydrogen-bond acceptors (Lipinski definition) is 5. The topological polar surface area (TPSA) is 58.8 Å². The summed E-state index contributed by atoms with van der Waals surface area (Å²) in [6.45, 7) is 4.05. The van der Waals surface area contributed by atoms with E-state index >= 15 is 0 Å². The number of ether oxygens (including phenoxy) is 1. The van der Waals surface area contributed by atoms with Crippen LogP contribution in [0.25, 0.3) is 0 Å². The summed E-state index contributed by atoms with van der Waals surface area (Å²) in [5, 5.41) is 2.09. The summed E-state index contributed by atoms with van der Waals surface area (Å²) in [6, 6.07) is 4.46. The Morgan fingerprint density at radius 3 is 2.61 bits per heavy atom. The van der Waals surface area contributed by atoms with Gasteiger partial charge < -0.3 is 15.4 Å². The zero-order valence-electron chi connectivity index (χ0n) is 13.3. The molecule has 1 aliphatic carbocycles. The fourth-order valence-corrected chi connectivity index (χ4v) is 3.68. The van der Waals surface area contributed by atoms with Gasteiger partial charge in [-0.25, -0.2) is 0 Å². The molecule has 1 unspecified atom stereocenters. The number of rotatable bonds is 5. The van der Waals surface area contributed by atoms with E-state index in [1.165, 1.54) is 4.88 Å². The quantitative estimate of drug-likeness (QED) is 0.845. The first-order valence-electron chi connectivity index (χ1n) is 7.50. The lowest BCUT2D eigenvalue weighted by Gasteiger charge is -2.36. The van der Waals surface area contributed by atoms with E-state index in [4.69, 9.17) is 10.5 Å². The van der Waals surface area contributed by atoms with Crippen molar-refractivity contribution in [3.05, 3.63) is 22.4 Å². The predicted molar refractivity (Wildman–Crippen MR) is 97.7 cm³/mol. The lowest BCUT2D eigenvalue weighted by molar-refractivity contribution is -0.133. The fraction of sp³-hybridized carbons (Fsp3) is 0.667. The van der Waals surface area contributed by atoms with Crippen molar-refractivity contribution in [2.45, 2.75) is 24.4 Å². The molecule has 1 atom stereocenters. The third kappa shape index (κ3) is 4.81. The van der Waals surface area contributed by atoms with Crippen molar-refractivity contribution in [1.82, 2.24) is 9.80 Å². The predicted octanol–water partition coefficient (Wildman–Crippen LogP) is 1.91. The second-order valence-electron chi connectivity index (χ2n) is 6.02. The summed E-state index contributed by atoms with van der Waals surface area (Å²) >= 11 is 1.75. The van der Waals surface area contributed by atoms with Crippen LogP contribution in [0.4, 0.5) is 0 Å². The molecule has 0 radical (unpaired) electrons. The van der Waals surface area contributed by atoms with Crippen molar-refractivity contribution in [1.29, 1.82) is 0 Å². The van der Waals surface area contributed by atoms with Crippen LogP contribution < -0.4 is 5.73 Å². The number of amides is 1. The van der Waals surface area contributed by atoms with Gasteiger partial charge in [-0.1, -0.05) is 6.07 Å². The second-order valence-corrected chi connectivity index (χ2v) is 7.00. The fourth-order valence-electron chi connectivity index (χ4n) is 2.83. The molecule has 1 aromatic rings. The third-order valence-corrected chi connectivity index (χ3v) is 5.34. The van der Waals surface area contributed by atoms with Crippen LogP contribution in [-0.2, 0) is 9.53 Å². The minimum atomic E-state index is -0.584. The van der Waals surface area contributed by atoms with Gasteiger partial charge in [0.2, 0.25) is 5.91 Å². The summed E-state index contributed by atoms with van der Waals surface area (Å²) in [5.41, 5.74) is 5.46. The Balaban J connectivity index is 0.00000132. The molecule has 2 aliphatic rings. The van der Waals surface area contributed by atoms with Gasteiger partial charge >= 0.3 is 0 Å². The van der Waals surface area contributed by atoms with Crippen LogP contribution in [-0.4, -0.2) is 61.1 Å². The van der Waals surface area contributed by atoms with Crippen molar-refractivity contribution in [3.63, 3.8) is 0 Å². The minimum absolute atomic E-state index is 0. The van der Waals surface area contributed by atoms with Crippen LogP contribution in [0.5, 0.6) is 0 Å². The molecule has 1 aromatic heterocycles. The molecule has 1 saturated carbocycles. The van der Waals surface area contributed by atoms with E-state index in [2.05, 4.69) is 22.4 Å². The molecule has 1 saturated heterocycles. The molecule has 2 heterocycles. The second kappa shape index (κ2) is 8.65. The van der Waals surface area contributed by atoms with Gasteiger partial charge in [-0.3, -0.25) is 9.69 Å². The smallest absolute Gasteiger partial charge is 0.242 e. The average molecular weight is 382 g/mol. The highest BCUT2D eigenvalue weighted by molar-refractivity contribution is 7.10. The van der Waals surface area contributed by atoms with Gasteiger partial charge in [0.05, 0.1) is 24.8 Å². The van der Waals surface area contributed by atoms with Crippen LogP contribution in [0, 0.1) is 0 Å². The summed E-state index contributed by atoms with van der Waals surface area (Å²) < 4.78 is 5.45. The van der Waals surface area contributed by atoms with Crippen LogP contribution in [0.3, 0.4) is 0 Å². The first-order valence-corrected chi connectivity index (χ1v) is 8.38. The van der Waals surface area contributed by atoms with Crippen molar-refractivity contribution in [2.24, 2.45) is 5.73 Å². The van der Waals surface area contributed by atoms with Crippen molar-refractivity contribution >= 4 is 42.1 Å². The Hall–Kier alpha value is -0.370. The molecule has 132 valence electrons. The van der Waals surface area contributed by atoms with Crippen LogP contribution >= 0.6 is 36.2 Å². The molecule has 0 aromatic carbocycles.